The van der Waals surface area contributed by atoms with Gasteiger partial charge in [0, 0.05) is 32.0 Å². The minimum atomic E-state index is -0.0552. The van der Waals surface area contributed by atoms with Crippen LogP contribution in [0.2, 0.25) is 0 Å². The quantitative estimate of drug-likeness (QED) is 0.747. The molecular formula is C21H23NO4. The molecular weight excluding hydrogens is 330 g/mol. The van der Waals surface area contributed by atoms with E-state index in [-0.39, 0.29) is 24.5 Å². The van der Waals surface area contributed by atoms with E-state index in [1.165, 1.54) is 0 Å². The van der Waals surface area contributed by atoms with Crippen LogP contribution in [0.1, 0.15) is 34.3 Å². The Morgan fingerprint density at radius 2 is 1.65 bits per heavy atom. The first-order valence-electron chi connectivity index (χ1n) is 8.75. The number of hydrogen-bond donors (Lipinski definition) is 0. The fourth-order valence-electron chi connectivity index (χ4n) is 2.84. The van der Waals surface area contributed by atoms with Crippen LogP contribution < -0.4 is 9.47 Å². The third kappa shape index (κ3) is 4.42. The Bertz CT molecular complexity index is 798. The van der Waals surface area contributed by atoms with Gasteiger partial charge in [-0.25, -0.2) is 0 Å². The van der Waals surface area contributed by atoms with Crippen molar-refractivity contribution in [2.45, 2.75) is 26.3 Å². The summed E-state index contributed by atoms with van der Waals surface area (Å²) in [5, 5.41) is 0. The molecule has 0 bridgehead atoms. The average molecular weight is 353 g/mol. The standard InChI is InChI=1S/C21H23NO4/c1-15-3-6-17(7-4-15)18(23)8-10-21(24)22(2)14-16-5-9-19-20(13-16)26-12-11-25-19/h3-7,9,13H,8,10-12,14H2,1-2H3. The SMILES string of the molecule is Cc1ccc(C(=O)CCC(=O)N(C)Cc2ccc3c(c2)OCCO3)cc1. The molecule has 0 N–H and O–H groups in total. The molecule has 26 heavy (non-hydrogen) atoms. The van der Waals surface area contributed by atoms with Crippen molar-refractivity contribution in [1.82, 2.24) is 4.90 Å². The number of benzene rings is 2. The van der Waals surface area contributed by atoms with Gasteiger partial charge in [-0.2, -0.15) is 0 Å². The van der Waals surface area contributed by atoms with Crippen molar-refractivity contribution in [2.75, 3.05) is 20.3 Å². The number of aryl methyl sites for hydroxylation is 1. The van der Waals surface area contributed by atoms with Crippen LogP contribution in [0, 0.1) is 6.92 Å². The maximum absolute atomic E-state index is 12.3. The number of ether oxygens (including phenoxy) is 2. The van der Waals surface area contributed by atoms with Gasteiger partial charge in [-0.3, -0.25) is 9.59 Å². The first-order valence-corrected chi connectivity index (χ1v) is 8.75. The molecule has 1 aliphatic heterocycles. The summed E-state index contributed by atoms with van der Waals surface area (Å²) < 4.78 is 11.1. The molecule has 3 rings (SSSR count). The highest BCUT2D eigenvalue weighted by Gasteiger charge is 2.15. The Hall–Kier alpha value is -2.82. The van der Waals surface area contributed by atoms with E-state index in [9.17, 15) is 9.59 Å². The van der Waals surface area contributed by atoms with Crippen molar-refractivity contribution in [3.05, 3.63) is 59.2 Å². The predicted octanol–water partition coefficient (Wildman–Crippen LogP) is 3.39. The number of amides is 1. The molecule has 1 aliphatic rings. The van der Waals surface area contributed by atoms with Crippen molar-refractivity contribution in [2.24, 2.45) is 0 Å². The Balaban J connectivity index is 1.53. The van der Waals surface area contributed by atoms with E-state index in [0.717, 1.165) is 16.9 Å². The van der Waals surface area contributed by atoms with Crippen molar-refractivity contribution in [3.8, 4) is 11.5 Å². The number of carbonyl (C=O) groups is 2. The Morgan fingerprint density at radius 3 is 2.38 bits per heavy atom. The molecule has 0 fully saturated rings. The third-order valence-electron chi connectivity index (χ3n) is 4.39. The molecule has 0 aromatic heterocycles. The Kier molecular flexibility index (Phi) is 5.56. The third-order valence-corrected chi connectivity index (χ3v) is 4.39. The van der Waals surface area contributed by atoms with Gasteiger partial charge in [-0.05, 0) is 24.6 Å². The molecule has 0 spiro atoms. The highest BCUT2D eigenvalue weighted by Crippen LogP contribution is 2.31. The molecule has 0 saturated carbocycles. The van der Waals surface area contributed by atoms with Gasteiger partial charge < -0.3 is 14.4 Å². The topological polar surface area (TPSA) is 55.8 Å². The Labute approximate surface area is 153 Å². The fraction of sp³-hybridized carbons (Fsp3) is 0.333. The van der Waals surface area contributed by atoms with E-state index in [0.29, 0.717) is 31.1 Å². The first-order chi connectivity index (χ1) is 12.5. The van der Waals surface area contributed by atoms with Gasteiger partial charge in [0.2, 0.25) is 5.91 Å². The molecule has 5 nitrogen and oxygen atoms in total. The summed E-state index contributed by atoms with van der Waals surface area (Å²) in [6.07, 6.45) is 0.418. The van der Waals surface area contributed by atoms with Gasteiger partial charge in [0.25, 0.3) is 0 Å². The summed E-state index contributed by atoms with van der Waals surface area (Å²) >= 11 is 0. The van der Waals surface area contributed by atoms with Crippen LogP contribution in [-0.4, -0.2) is 36.9 Å². The lowest BCUT2D eigenvalue weighted by molar-refractivity contribution is -0.130. The van der Waals surface area contributed by atoms with Gasteiger partial charge in [0.1, 0.15) is 13.2 Å². The second-order valence-corrected chi connectivity index (χ2v) is 6.52. The summed E-state index contributed by atoms with van der Waals surface area (Å²) in [4.78, 5) is 26.2. The normalized spacial score (nSPS) is 12.5. The number of ketones is 1. The van der Waals surface area contributed by atoms with Crippen LogP contribution in [0.4, 0.5) is 0 Å². The maximum Gasteiger partial charge on any atom is 0.223 e. The van der Waals surface area contributed by atoms with Gasteiger partial charge in [0.15, 0.2) is 17.3 Å². The zero-order chi connectivity index (χ0) is 18.5. The van der Waals surface area contributed by atoms with Crippen molar-refractivity contribution in [1.29, 1.82) is 0 Å². The number of Topliss-reactive ketones (excluding diaryl/α,β-unsaturated/α-hetero) is 1. The van der Waals surface area contributed by atoms with Crippen LogP contribution >= 0.6 is 0 Å². The first kappa shape index (κ1) is 18.0. The van der Waals surface area contributed by atoms with Crippen molar-refractivity contribution >= 4 is 11.7 Å². The predicted molar refractivity (Wildman–Crippen MR) is 98.6 cm³/mol. The fourth-order valence-corrected chi connectivity index (χ4v) is 2.84. The highest BCUT2D eigenvalue weighted by molar-refractivity contribution is 5.97. The summed E-state index contributed by atoms with van der Waals surface area (Å²) in [6.45, 7) is 3.53. The molecule has 136 valence electrons. The molecule has 0 radical (unpaired) electrons. The zero-order valence-electron chi connectivity index (χ0n) is 15.2. The number of carbonyl (C=O) groups excluding carboxylic acids is 2. The summed E-state index contributed by atoms with van der Waals surface area (Å²) in [6, 6.07) is 13.1. The number of hydrogen-bond acceptors (Lipinski definition) is 4. The van der Waals surface area contributed by atoms with Crippen molar-refractivity contribution in [3.63, 3.8) is 0 Å². The van der Waals surface area contributed by atoms with E-state index in [4.69, 9.17) is 9.47 Å². The van der Waals surface area contributed by atoms with E-state index in [2.05, 4.69) is 0 Å². The molecule has 0 aliphatic carbocycles. The lowest BCUT2D eigenvalue weighted by Gasteiger charge is -2.21. The molecule has 0 saturated heterocycles. The second-order valence-electron chi connectivity index (χ2n) is 6.52. The molecule has 1 heterocycles. The minimum absolute atomic E-state index is 0.00826. The van der Waals surface area contributed by atoms with E-state index >= 15 is 0 Å². The number of fused-ring (bicyclic) bond motifs is 1. The maximum atomic E-state index is 12.3. The van der Waals surface area contributed by atoms with Crippen LogP contribution in [0.3, 0.4) is 0 Å². The van der Waals surface area contributed by atoms with E-state index < -0.39 is 0 Å². The minimum Gasteiger partial charge on any atom is -0.486 e. The van der Waals surface area contributed by atoms with Crippen LogP contribution in [0.5, 0.6) is 11.5 Å². The lowest BCUT2D eigenvalue weighted by atomic mass is 10.0. The molecule has 0 unspecified atom stereocenters. The molecule has 5 heteroatoms. The molecule has 1 amide bonds. The second kappa shape index (κ2) is 8.04. The largest absolute Gasteiger partial charge is 0.486 e. The zero-order valence-corrected chi connectivity index (χ0v) is 15.2. The van der Waals surface area contributed by atoms with Crippen LogP contribution in [0.25, 0.3) is 0 Å². The smallest absolute Gasteiger partial charge is 0.223 e. The van der Waals surface area contributed by atoms with E-state index in [1.54, 1.807) is 24.1 Å². The summed E-state index contributed by atoms with van der Waals surface area (Å²) in [7, 11) is 1.75. The van der Waals surface area contributed by atoms with Gasteiger partial charge in [-0.1, -0.05) is 35.9 Å². The lowest BCUT2D eigenvalue weighted by Crippen LogP contribution is -2.26. The highest BCUT2D eigenvalue weighted by atomic mass is 16.6. The van der Waals surface area contributed by atoms with Crippen LogP contribution in [-0.2, 0) is 11.3 Å². The van der Waals surface area contributed by atoms with E-state index in [1.807, 2.05) is 37.3 Å². The van der Waals surface area contributed by atoms with Gasteiger partial charge >= 0.3 is 0 Å². The molecule has 0 atom stereocenters. The molecule has 2 aromatic carbocycles. The van der Waals surface area contributed by atoms with Gasteiger partial charge in [0.05, 0.1) is 0 Å². The average Bonchev–Trinajstić information content (AvgIpc) is 2.66. The number of nitrogens with zero attached hydrogens (tertiary/aromatic N) is 1. The monoisotopic (exact) mass is 353 g/mol. The van der Waals surface area contributed by atoms with Gasteiger partial charge in [-0.15, -0.1) is 0 Å². The summed E-state index contributed by atoms with van der Waals surface area (Å²) in [5.74, 6) is 1.38. The molecule has 2 aromatic rings. The Morgan fingerprint density at radius 1 is 0.962 bits per heavy atom. The summed E-state index contributed by atoms with van der Waals surface area (Å²) in [5.41, 5.74) is 2.73. The number of rotatable bonds is 6. The van der Waals surface area contributed by atoms with Crippen molar-refractivity contribution < 1.29 is 19.1 Å². The van der Waals surface area contributed by atoms with Crippen LogP contribution in [0.15, 0.2) is 42.5 Å².